The molecule has 0 saturated carbocycles. The van der Waals surface area contributed by atoms with Gasteiger partial charge in [-0.05, 0) is 63.3 Å². The number of rotatable bonds is 12. The molecule has 3 heterocycles. The number of aliphatic hydroxyl groups is 1. The lowest BCUT2D eigenvalue weighted by Gasteiger charge is -2.37. The van der Waals surface area contributed by atoms with E-state index in [4.69, 9.17) is 16.3 Å². The number of unbranched alkanes of at least 4 members (excludes halogenated alkanes) is 2. The summed E-state index contributed by atoms with van der Waals surface area (Å²) in [6, 6.07) is 6.10. The third-order valence-electron chi connectivity index (χ3n) is 8.33. The average molecular weight is 544 g/mol. The van der Waals surface area contributed by atoms with E-state index < -0.39 is 29.1 Å². The third-order valence-corrected chi connectivity index (χ3v) is 8.58. The minimum Gasteiger partial charge on any atom is -0.396 e. The molecule has 1 spiro atoms. The van der Waals surface area contributed by atoms with Crippen LogP contribution in [0, 0.1) is 11.8 Å². The number of carbonyl (C=O) groups is 3. The maximum atomic E-state index is 14.4. The van der Waals surface area contributed by atoms with Crippen LogP contribution in [-0.2, 0) is 19.1 Å². The Hall–Kier alpha value is -2.68. The number of ether oxygens (including phenoxy) is 1. The topological polar surface area (TPSA) is 90.4 Å². The van der Waals surface area contributed by atoms with Crippen LogP contribution in [0.3, 0.4) is 0 Å². The van der Waals surface area contributed by atoms with Crippen molar-refractivity contribution in [3.8, 4) is 0 Å². The Labute approximate surface area is 229 Å². The molecule has 3 saturated heterocycles. The number of nitrogens with zero attached hydrogens (tertiary/aromatic N) is 3. The molecular weight excluding hydrogens is 506 g/mol. The van der Waals surface area contributed by atoms with Gasteiger partial charge in [0.15, 0.2) is 0 Å². The Morgan fingerprint density at radius 3 is 2.45 bits per heavy atom. The highest BCUT2D eigenvalue weighted by molar-refractivity contribution is 6.30. The zero-order chi connectivity index (χ0) is 27.7. The van der Waals surface area contributed by atoms with Gasteiger partial charge in [-0.25, -0.2) is 0 Å². The SMILES string of the molecule is C=CCN(C)C(=O)[C@@H]1[C@H]2C(=O)N(CCCCCO)C(C(=O)N(CC=C)c3ccc(Cl)cc3)C23CC[C@@]1(C)O3. The summed E-state index contributed by atoms with van der Waals surface area (Å²) >= 11 is 6.10. The molecule has 2 bridgehead atoms. The standard InChI is InChI=1S/C29H38ClN3O5/c1-5-16-31(4)25(35)22-23-26(36)33(18-8-7-9-19-34)24(29(23)15-14-28(22,3)38-29)27(37)32(17-6-2)21-12-10-20(30)11-13-21/h5-6,10-13,22-24,34H,1-2,7-9,14-19H2,3-4H3/t22-,23-,24?,28+,29?/m0/s1. The van der Waals surface area contributed by atoms with Crippen LogP contribution in [0.5, 0.6) is 0 Å². The maximum Gasteiger partial charge on any atom is 0.253 e. The predicted octanol–water partition coefficient (Wildman–Crippen LogP) is 3.43. The Kier molecular flexibility index (Phi) is 8.35. The number of carbonyl (C=O) groups excluding carboxylic acids is 3. The van der Waals surface area contributed by atoms with Gasteiger partial charge in [0.1, 0.15) is 11.6 Å². The first kappa shape index (κ1) is 28.3. The van der Waals surface area contributed by atoms with E-state index in [1.165, 1.54) is 0 Å². The van der Waals surface area contributed by atoms with Crippen LogP contribution < -0.4 is 4.90 Å². The van der Waals surface area contributed by atoms with Crippen molar-refractivity contribution in [2.45, 2.75) is 56.3 Å². The number of hydrogen-bond donors (Lipinski definition) is 1. The maximum absolute atomic E-state index is 14.4. The Balaban J connectivity index is 1.76. The fourth-order valence-electron chi connectivity index (χ4n) is 6.63. The molecule has 0 aliphatic carbocycles. The number of hydrogen-bond acceptors (Lipinski definition) is 5. The van der Waals surface area contributed by atoms with Crippen molar-refractivity contribution >= 4 is 35.0 Å². The molecule has 1 aromatic carbocycles. The molecule has 206 valence electrons. The number of likely N-dealkylation sites (tertiary alicyclic amines) is 1. The second-order valence-corrected chi connectivity index (χ2v) is 11.2. The van der Waals surface area contributed by atoms with Gasteiger partial charge in [-0.15, -0.1) is 13.2 Å². The second-order valence-electron chi connectivity index (χ2n) is 10.8. The van der Waals surface area contributed by atoms with Crippen molar-refractivity contribution in [1.29, 1.82) is 0 Å². The Morgan fingerprint density at radius 2 is 1.82 bits per heavy atom. The molecule has 3 fully saturated rings. The summed E-state index contributed by atoms with van der Waals surface area (Å²) in [6.45, 7) is 10.5. The van der Waals surface area contributed by atoms with Gasteiger partial charge in [0.25, 0.3) is 5.91 Å². The summed E-state index contributed by atoms with van der Waals surface area (Å²) in [6.07, 6.45) is 6.36. The summed E-state index contributed by atoms with van der Waals surface area (Å²) in [5, 5.41) is 9.79. The van der Waals surface area contributed by atoms with Crippen LogP contribution in [-0.4, -0.2) is 83.2 Å². The summed E-state index contributed by atoms with van der Waals surface area (Å²) in [4.78, 5) is 47.1. The number of aliphatic hydroxyl groups excluding tert-OH is 1. The Morgan fingerprint density at radius 1 is 1.13 bits per heavy atom. The normalized spacial score (nSPS) is 29.3. The van der Waals surface area contributed by atoms with Crippen LogP contribution >= 0.6 is 11.6 Å². The van der Waals surface area contributed by atoms with E-state index in [9.17, 15) is 19.5 Å². The quantitative estimate of drug-likeness (QED) is 0.322. The highest BCUT2D eigenvalue weighted by Gasteiger charge is 2.78. The molecule has 3 aliphatic rings. The van der Waals surface area contributed by atoms with E-state index in [0.29, 0.717) is 49.5 Å². The lowest BCUT2D eigenvalue weighted by Crippen LogP contribution is -2.56. The van der Waals surface area contributed by atoms with Crippen LogP contribution in [0.1, 0.15) is 39.0 Å². The number of amides is 3. The van der Waals surface area contributed by atoms with Crippen molar-refractivity contribution in [1.82, 2.24) is 9.80 Å². The van der Waals surface area contributed by atoms with Gasteiger partial charge < -0.3 is 24.5 Å². The number of anilines is 1. The average Bonchev–Trinajstić information content (AvgIpc) is 3.46. The molecule has 5 atom stereocenters. The molecule has 0 aromatic heterocycles. The first-order valence-corrected chi connectivity index (χ1v) is 13.7. The van der Waals surface area contributed by atoms with Crippen molar-refractivity contribution in [2.24, 2.45) is 11.8 Å². The molecule has 38 heavy (non-hydrogen) atoms. The van der Waals surface area contributed by atoms with Gasteiger partial charge in [-0.1, -0.05) is 23.8 Å². The molecule has 0 radical (unpaired) electrons. The molecule has 8 nitrogen and oxygen atoms in total. The minimum atomic E-state index is -1.10. The lowest BCUT2D eigenvalue weighted by molar-refractivity contribution is -0.149. The van der Waals surface area contributed by atoms with E-state index in [2.05, 4.69) is 13.2 Å². The van der Waals surface area contributed by atoms with Gasteiger partial charge in [-0.2, -0.15) is 0 Å². The second kappa shape index (κ2) is 11.2. The highest BCUT2D eigenvalue weighted by atomic mass is 35.5. The number of likely N-dealkylation sites (N-methyl/N-ethyl adjacent to an activating group) is 1. The molecule has 3 amide bonds. The van der Waals surface area contributed by atoms with Crippen molar-refractivity contribution in [3.05, 3.63) is 54.6 Å². The van der Waals surface area contributed by atoms with E-state index >= 15 is 0 Å². The van der Waals surface area contributed by atoms with E-state index in [-0.39, 0.29) is 30.9 Å². The van der Waals surface area contributed by atoms with Crippen LogP contribution in [0.25, 0.3) is 0 Å². The zero-order valence-electron chi connectivity index (χ0n) is 22.3. The smallest absolute Gasteiger partial charge is 0.253 e. The van der Waals surface area contributed by atoms with Gasteiger partial charge >= 0.3 is 0 Å². The van der Waals surface area contributed by atoms with E-state index in [0.717, 1.165) is 6.42 Å². The van der Waals surface area contributed by atoms with E-state index in [1.54, 1.807) is 58.2 Å². The summed E-state index contributed by atoms with van der Waals surface area (Å²) in [7, 11) is 1.70. The minimum absolute atomic E-state index is 0.0697. The monoisotopic (exact) mass is 543 g/mol. The number of halogens is 1. The van der Waals surface area contributed by atoms with Crippen LogP contribution in [0.2, 0.25) is 5.02 Å². The molecule has 9 heteroatoms. The number of fused-ring (bicyclic) bond motifs is 1. The van der Waals surface area contributed by atoms with Crippen molar-refractivity contribution < 1.29 is 24.2 Å². The van der Waals surface area contributed by atoms with Crippen molar-refractivity contribution in [3.63, 3.8) is 0 Å². The molecule has 1 N–H and O–H groups in total. The lowest BCUT2D eigenvalue weighted by atomic mass is 9.66. The highest BCUT2D eigenvalue weighted by Crippen LogP contribution is 2.63. The fourth-order valence-corrected chi connectivity index (χ4v) is 6.76. The third kappa shape index (κ3) is 4.67. The zero-order valence-corrected chi connectivity index (χ0v) is 23.0. The van der Waals surface area contributed by atoms with Gasteiger partial charge in [0.2, 0.25) is 11.8 Å². The molecule has 4 rings (SSSR count). The molecule has 3 aliphatic heterocycles. The van der Waals surface area contributed by atoms with Crippen molar-refractivity contribution in [2.75, 3.05) is 38.2 Å². The molecule has 1 aromatic rings. The summed E-state index contributed by atoms with van der Waals surface area (Å²) < 4.78 is 6.71. The Bertz CT molecular complexity index is 1090. The first-order valence-electron chi connectivity index (χ1n) is 13.3. The van der Waals surface area contributed by atoms with E-state index in [1.807, 2.05) is 6.92 Å². The molecule has 2 unspecified atom stereocenters. The summed E-state index contributed by atoms with van der Waals surface area (Å²) in [5.41, 5.74) is -1.29. The summed E-state index contributed by atoms with van der Waals surface area (Å²) in [5.74, 6) is -2.07. The predicted molar refractivity (Wildman–Crippen MR) is 147 cm³/mol. The fraction of sp³-hybridized carbons (Fsp3) is 0.552. The number of benzene rings is 1. The van der Waals surface area contributed by atoms with Gasteiger partial charge in [0.05, 0.1) is 17.4 Å². The van der Waals surface area contributed by atoms with Crippen LogP contribution in [0.15, 0.2) is 49.6 Å². The van der Waals surface area contributed by atoms with Gasteiger partial charge in [0, 0.05) is 44.0 Å². The van der Waals surface area contributed by atoms with Crippen LogP contribution in [0.4, 0.5) is 5.69 Å². The first-order chi connectivity index (χ1) is 18.1. The molecular formula is C29H38ClN3O5. The van der Waals surface area contributed by atoms with Gasteiger partial charge in [-0.3, -0.25) is 14.4 Å². The largest absolute Gasteiger partial charge is 0.396 e.